The summed E-state index contributed by atoms with van der Waals surface area (Å²) in [5.74, 6) is 0.157. The summed E-state index contributed by atoms with van der Waals surface area (Å²) in [4.78, 5) is 22.6. The van der Waals surface area contributed by atoms with Crippen molar-refractivity contribution in [1.29, 1.82) is 0 Å². The highest BCUT2D eigenvalue weighted by molar-refractivity contribution is 5.97. The van der Waals surface area contributed by atoms with Crippen LogP contribution >= 0.6 is 0 Å². The number of benzene rings is 2. The molecule has 2 fully saturated rings. The van der Waals surface area contributed by atoms with E-state index >= 15 is 0 Å². The van der Waals surface area contributed by atoms with Crippen LogP contribution < -0.4 is 9.80 Å². The summed E-state index contributed by atoms with van der Waals surface area (Å²) in [5.41, 5.74) is 5.69. The van der Waals surface area contributed by atoms with Crippen LogP contribution in [0.3, 0.4) is 0 Å². The highest BCUT2D eigenvalue weighted by Gasteiger charge is 2.27. The maximum Gasteiger partial charge on any atom is 0.254 e. The van der Waals surface area contributed by atoms with Crippen LogP contribution in [0, 0.1) is 0 Å². The fourth-order valence-electron chi connectivity index (χ4n) is 4.88. The summed E-state index contributed by atoms with van der Waals surface area (Å²) in [6, 6.07) is 15.0. The molecule has 0 aromatic heterocycles. The molecule has 2 aromatic carbocycles. The van der Waals surface area contributed by atoms with Crippen LogP contribution in [0.1, 0.15) is 21.5 Å². The Morgan fingerprint density at radius 3 is 2.45 bits per heavy atom. The maximum atomic E-state index is 13.4. The normalized spacial score (nSPS) is 20.2. The molecule has 6 heteroatoms. The van der Waals surface area contributed by atoms with E-state index in [1.165, 1.54) is 16.8 Å². The summed E-state index contributed by atoms with van der Waals surface area (Å²) >= 11 is 0. The topological polar surface area (TPSA) is 39.3 Å². The van der Waals surface area contributed by atoms with Gasteiger partial charge in [0.2, 0.25) is 0 Å². The molecule has 0 atom stereocenters. The molecule has 0 unspecified atom stereocenters. The number of para-hydroxylation sites is 1. The van der Waals surface area contributed by atoms with E-state index in [1.807, 2.05) is 4.90 Å². The predicted octanol–water partition coefficient (Wildman–Crippen LogP) is 2.47. The van der Waals surface area contributed by atoms with Gasteiger partial charge in [0.1, 0.15) is 0 Å². The number of amides is 1. The SMILES string of the molecule is CN1CCN(c2ccccc2CN2CCc3ccc(N4CCOCC4)cc3C2=O)CC1. The van der Waals surface area contributed by atoms with Gasteiger partial charge < -0.3 is 24.3 Å². The standard InChI is InChI=1S/C25H32N4O2/c1-26-10-12-28(13-11-26)24-5-3-2-4-21(24)19-29-9-8-20-6-7-22(18-23(20)25(29)30)27-14-16-31-17-15-27/h2-7,18H,8-17,19H2,1H3. The molecular weight excluding hydrogens is 388 g/mol. The van der Waals surface area contributed by atoms with E-state index in [0.717, 1.165) is 76.7 Å². The first-order chi connectivity index (χ1) is 15.2. The van der Waals surface area contributed by atoms with Crippen LogP contribution in [-0.2, 0) is 17.7 Å². The number of likely N-dealkylation sites (N-methyl/N-ethyl adjacent to an activating group) is 1. The van der Waals surface area contributed by atoms with Gasteiger partial charge in [0.25, 0.3) is 5.91 Å². The summed E-state index contributed by atoms with van der Waals surface area (Å²) in [5, 5.41) is 0. The van der Waals surface area contributed by atoms with Gasteiger partial charge in [0.05, 0.1) is 13.2 Å². The summed E-state index contributed by atoms with van der Waals surface area (Å²) in [6.07, 6.45) is 0.918. The number of rotatable bonds is 4. The second-order valence-corrected chi connectivity index (χ2v) is 8.84. The van der Waals surface area contributed by atoms with Gasteiger partial charge in [-0.05, 0) is 42.8 Å². The number of hydrogen-bond donors (Lipinski definition) is 0. The molecule has 0 bridgehead atoms. The Bertz CT molecular complexity index is 933. The first-order valence-electron chi connectivity index (χ1n) is 11.5. The third-order valence-corrected chi connectivity index (χ3v) is 6.84. The van der Waals surface area contributed by atoms with Crippen molar-refractivity contribution in [3.05, 3.63) is 59.2 Å². The second-order valence-electron chi connectivity index (χ2n) is 8.84. The Hall–Kier alpha value is -2.57. The molecule has 0 saturated carbocycles. The molecule has 0 spiro atoms. The van der Waals surface area contributed by atoms with Crippen molar-refractivity contribution in [1.82, 2.24) is 9.80 Å². The number of morpholine rings is 1. The summed E-state index contributed by atoms with van der Waals surface area (Å²) in [7, 11) is 2.18. The second kappa shape index (κ2) is 8.89. The fourth-order valence-corrected chi connectivity index (χ4v) is 4.88. The Kier molecular flexibility index (Phi) is 5.83. The first-order valence-corrected chi connectivity index (χ1v) is 11.5. The van der Waals surface area contributed by atoms with E-state index in [0.29, 0.717) is 6.54 Å². The van der Waals surface area contributed by atoms with E-state index in [1.54, 1.807) is 0 Å². The van der Waals surface area contributed by atoms with Crippen LogP contribution in [0.4, 0.5) is 11.4 Å². The first kappa shape index (κ1) is 20.3. The average Bonchev–Trinajstić information content (AvgIpc) is 2.82. The molecule has 31 heavy (non-hydrogen) atoms. The zero-order chi connectivity index (χ0) is 21.2. The van der Waals surface area contributed by atoms with E-state index in [4.69, 9.17) is 4.74 Å². The van der Waals surface area contributed by atoms with E-state index in [-0.39, 0.29) is 5.91 Å². The van der Waals surface area contributed by atoms with Gasteiger partial charge in [0, 0.05) is 69.3 Å². The molecule has 3 aliphatic heterocycles. The number of carbonyl (C=O) groups excluding carboxylic acids is 1. The number of nitrogens with zero attached hydrogens (tertiary/aromatic N) is 4. The minimum atomic E-state index is 0.157. The quantitative estimate of drug-likeness (QED) is 0.760. The molecule has 6 nitrogen and oxygen atoms in total. The van der Waals surface area contributed by atoms with Gasteiger partial charge >= 0.3 is 0 Å². The summed E-state index contributed by atoms with van der Waals surface area (Å²) < 4.78 is 5.48. The Balaban J connectivity index is 1.35. The van der Waals surface area contributed by atoms with E-state index in [9.17, 15) is 4.79 Å². The lowest BCUT2D eigenvalue weighted by Crippen LogP contribution is -2.45. The van der Waals surface area contributed by atoms with E-state index in [2.05, 4.69) is 64.2 Å². The van der Waals surface area contributed by atoms with Crippen molar-refractivity contribution in [2.24, 2.45) is 0 Å². The minimum absolute atomic E-state index is 0.157. The maximum absolute atomic E-state index is 13.4. The third kappa shape index (κ3) is 4.27. The molecule has 0 aliphatic carbocycles. The van der Waals surface area contributed by atoms with E-state index < -0.39 is 0 Å². The van der Waals surface area contributed by atoms with Gasteiger partial charge in [-0.1, -0.05) is 24.3 Å². The smallest absolute Gasteiger partial charge is 0.254 e. The Morgan fingerprint density at radius 1 is 0.871 bits per heavy atom. The predicted molar refractivity (Wildman–Crippen MR) is 124 cm³/mol. The largest absolute Gasteiger partial charge is 0.378 e. The van der Waals surface area contributed by atoms with Gasteiger partial charge in [-0.15, -0.1) is 0 Å². The van der Waals surface area contributed by atoms with Crippen LogP contribution in [0.2, 0.25) is 0 Å². The molecule has 0 radical (unpaired) electrons. The number of anilines is 2. The molecule has 3 heterocycles. The number of hydrogen-bond acceptors (Lipinski definition) is 5. The molecule has 1 amide bonds. The van der Waals surface area contributed by atoms with Gasteiger partial charge in [0.15, 0.2) is 0 Å². The van der Waals surface area contributed by atoms with Crippen molar-refractivity contribution in [2.75, 3.05) is 75.9 Å². The summed E-state index contributed by atoms with van der Waals surface area (Å²) in [6.45, 7) is 8.94. The molecule has 0 N–H and O–H groups in total. The molecule has 5 rings (SSSR count). The van der Waals surface area contributed by atoms with Gasteiger partial charge in [-0.2, -0.15) is 0 Å². The Morgan fingerprint density at radius 2 is 1.65 bits per heavy atom. The van der Waals surface area contributed by atoms with Gasteiger partial charge in [-0.25, -0.2) is 0 Å². The zero-order valence-electron chi connectivity index (χ0n) is 18.4. The highest BCUT2D eigenvalue weighted by Crippen LogP contribution is 2.29. The van der Waals surface area contributed by atoms with Crippen LogP contribution in [-0.4, -0.2) is 81.8 Å². The van der Waals surface area contributed by atoms with Crippen molar-refractivity contribution in [2.45, 2.75) is 13.0 Å². The molecular formula is C25H32N4O2. The van der Waals surface area contributed by atoms with Crippen molar-refractivity contribution in [3.63, 3.8) is 0 Å². The highest BCUT2D eigenvalue weighted by atomic mass is 16.5. The molecule has 2 saturated heterocycles. The lowest BCUT2D eigenvalue weighted by molar-refractivity contribution is 0.0727. The minimum Gasteiger partial charge on any atom is -0.378 e. The average molecular weight is 421 g/mol. The molecule has 2 aromatic rings. The lowest BCUT2D eigenvalue weighted by atomic mass is 9.97. The number of piperazine rings is 1. The zero-order valence-corrected chi connectivity index (χ0v) is 18.4. The van der Waals surface area contributed by atoms with Crippen molar-refractivity contribution in [3.8, 4) is 0 Å². The van der Waals surface area contributed by atoms with Crippen molar-refractivity contribution >= 4 is 17.3 Å². The molecule has 164 valence electrons. The number of carbonyl (C=O) groups is 1. The number of fused-ring (bicyclic) bond motifs is 1. The van der Waals surface area contributed by atoms with Gasteiger partial charge in [-0.3, -0.25) is 4.79 Å². The fraction of sp³-hybridized carbons (Fsp3) is 0.480. The van der Waals surface area contributed by atoms with Crippen LogP contribution in [0.15, 0.2) is 42.5 Å². The molecule has 3 aliphatic rings. The Labute approximate surface area is 185 Å². The van der Waals surface area contributed by atoms with Crippen molar-refractivity contribution < 1.29 is 9.53 Å². The van der Waals surface area contributed by atoms with Crippen LogP contribution in [0.25, 0.3) is 0 Å². The number of ether oxygens (including phenoxy) is 1. The monoisotopic (exact) mass is 420 g/mol. The third-order valence-electron chi connectivity index (χ3n) is 6.84. The van der Waals surface area contributed by atoms with Crippen LogP contribution in [0.5, 0.6) is 0 Å². The lowest BCUT2D eigenvalue weighted by Gasteiger charge is -2.36.